The number of methoxy groups -OCH3 is 1. The van der Waals surface area contributed by atoms with E-state index in [4.69, 9.17) is 4.74 Å². The maximum Gasteiger partial charge on any atom is 0.186 e. The summed E-state index contributed by atoms with van der Waals surface area (Å²) in [4.78, 5) is 1.08. The average Bonchev–Trinajstić information content (AvgIpc) is 2.38. The smallest absolute Gasteiger partial charge is 0.186 e. The molecule has 2 rings (SSSR count). The van der Waals surface area contributed by atoms with Crippen LogP contribution >= 0.6 is 0 Å². The molecule has 1 fully saturated rings. The lowest BCUT2D eigenvalue weighted by Crippen LogP contribution is -2.43. The Labute approximate surface area is 122 Å². The summed E-state index contributed by atoms with van der Waals surface area (Å²) >= 11 is 0. The van der Waals surface area contributed by atoms with Crippen LogP contribution in [0.2, 0.25) is 0 Å². The lowest BCUT2D eigenvalue weighted by Gasteiger charge is -2.28. The Bertz CT molecular complexity index is 629. The zero-order valence-corrected chi connectivity index (χ0v) is 12.8. The number of ether oxygens (including phenoxy) is 1. The van der Waals surface area contributed by atoms with Gasteiger partial charge in [0.15, 0.2) is 21.4 Å². The topological polar surface area (TPSA) is 58.6 Å². The van der Waals surface area contributed by atoms with Crippen LogP contribution in [-0.2, 0) is 16.4 Å². The Morgan fingerprint density at radius 3 is 2.48 bits per heavy atom. The highest BCUT2D eigenvalue weighted by Gasteiger charge is 2.27. The van der Waals surface area contributed by atoms with Gasteiger partial charge in [-0.2, -0.15) is 0 Å². The first-order valence-electron chi connectivity index (χ1n) is 6.52. The molecule has 1 heterocycles. The predicted octanol–water partition coefficient (Wildman–Crippen LogP) is 0.782. The molecule has 1 aliphatic heterocycles. The summed E-state index contributed by atoms with van der Waals surface area (Å²) in [6.07, 6.45) is 0.768. The van der Waals surface area contributed by atoms with Gasteiger partial charge in [-0.25, -0.2) is 17.2 Å². The molecular formula is C13H18F2N2O3S. The molecule has 5 nitrogen and oxygen atoms in total. The second kappa shape index (κ2) is 6.25. The largest absolute Gasteiger partial charge is 0.493 e. The molecule has 1 aromatic rings. The molecule has 21 heavy (non-hydrogen) atoms. The third-order valence-electron chi connectivity index (χ3n) is 3.39. The number of hydrogen-bond donors (Lipinski definition) is 1. The highest BCUT2D eigenvalue weighted by atomic mass is 32.2. The van der Waals surface area contributed by atoms with Gasteiger partial charge in [-0.05, 0) is 6.07 Å². The van der Waals surface area contributed by atoms with Crippen LogP contribution < -0.4 is 10.1 Å². The molecule has 0 aromatic heterocycles. The van der Waals surface area contributed by atoms with Crippen LogP contribution in [0.3, 0.4) is 0 Å². The molecule has 0 unspecified atom stereocenters. The van der Waals surface area contributed by atoms with Crippen LogP contribution in [-0.4, -0.2) is 52.9 Å². The Balaban J connectivity index is 2.42. The molecule has 0 amide bonds. The van der Waals surface area contributed by atoms with Crippen LogP contribution in [0.25, 0.3) is 0 Å². The minimum Gasteiger partial charge on any atom is -0.493 e. The lowest BCUT2D eigenvalue weighted by atomic mass is 10.1. The molecule has 118 valence electrons. The molecule has 0 saturated carbocycles. The van der Waals surface area contributed by atoms with Crippen LogP contribution in [0.5, 0.6) is 5.75 Å². The molecule has 0 radical (unpaired) electrons. The van der Waals surface area contributed by atoms with Gasteiger partial charge in [0, 0.05) is 44.5 Å². The standard InChI is InChI=1S/C13H18F2N2O3S/c1-20-12-9(8-17-5-3-16-4-6-17)7-10(14)13(11(12)15)21(2,18)19/h7,16H,3-6,8H2,1-2H3. The number of benzene rings is 1. The minimum atomic E-state index is -4.00. The van der Waals surface area contributed by atoms with Crippen molar-refractivity contribution in [2.75, 3.05) is 39.5 Å². The zero-order chi connectivity index (χ0) is 15.6. The third-order valence-corrected chi connectivity index (χ3v) is 4.50. The van der Waals surface area contributed by atoms with E-state index < -0.39 is 26.4 Å². The first-order chi connectivity index (χ1) is 9.84. The van der Waals surface area contributed by atoms with Gasteiger partial charge in [0.2, 0.25) is 0 Å². The van der Waals surface area contributed by atoms with Crippen molar-refractivity contribution in [1.29, 1.82) is 0 Å². The van der Waals surface area contributed by atoms with Crippen LogP contribution in [0.1, 0.15) is 5.56 Å². The van der Waals surface area contributed by atoms with Gasteiger partial charge in [0.05, 0.1) is 7.11 Å². The monoisotopic (exact) mass is 320 g/mol. The highest BCUT2D eigenvalue weighted by Crippen LogP contribution is 2.31. The SMILES string of the molecule is COc1c(CN2CCNCC2)cc(F)c(S(C)(=O)=O)c1F. The molecule has 0 atom stereocenters. The second-order valence-electron chi connectivity index (χ2n) is 4.99. The molecule has 0 aliphatic carbocycles. The Kier molecular flexibility index (Phi) is 4.80. The molecule has 1 aliphatic rings. The predicted molar refractivity (Wildman–Crippen MR) is 74.2 cm³/mol. The number of nitrogens with zero attached hydrogens (tertiary/aromatic N) is 1. The van der Waals surface area contributed by atoms with Gasteiger partial charge in [0.25, 0.3) is 0 Å². The second-order valence-corrected chi connectivity index (χ2v) is 6.94. The maximum absolute atomic E-state index is 14.3. The number of halogens is 2. The van der Waals surface area contributed by atoms with E-state index in [1.807, 2.05) is 4.90 Å². The highest BCUT2D eigenvalue weighted by molar-refractivity contribution is 7.90. The summed E-state index contributed by atoms with van der Waals surface area (Å²) in [5.74, 6) is -2.46. The number of nitrogens with one attached hydrogen (secondary N) is 1. The molecule has 1 N–H and O–H groups in total. The van der Waals surface area contributed by atoms with E-state index in [2.05, 4.69) is 5.32 Å². The van der Waals surface area contributed by atoms with Crippen LogP contribution in [0.15, 0.2) is 11.0 Å². The summed E-state index contributed by atoms with van der Waals surface area (Å²) in [6.45, 7) is 3.41. The number of hydrogen-bond acceptors (Lipinski definition) is 5. The van der Waals surface area contributed by atoms with E-state index >= 15 is 0 Å². The fraction of sp³-hybridized carbons (Fsp3) is 0.538. The van der Waals surface area contributed by atoms with Gasteiger partial charge in [0.1, 0.15) is 10.7 Å². The fourth-order valence-electron chi connectivity index (χ4n) is 2.42. The van der Waals surface area contributed by atoms with E-state index in [-0.39, 0.29) is 5.75 Å². The van der Waals surface area contributed by atoms with E-state index in [1.54, 1.807) is 0 Å². The molecular weight excluding hydrogens is 302 g/mol. The Morgan fingerprint density at radius 2 is 1.95 bits per heavy atom. The lowest BCUT2D eigenvalue weighted by molar-refractivity contribution is 0.228. The quantitative estimate of drug-likeness (QED) is 0.888. The summed E-state index contributed by atoms with van der Waals surface area (Å²) < 4.78 is 56.2. The number of sulfone groups is 1. The normalized spacial score (nSPS) is 17.0. The summed E-state index contributed by atoms with van der Waals surface area (Å²) in [5.41, 5.74) is 0.307. The fourth-order valence-corrected chi connectivity index (χ4v) is 3.25. The number of rotatable bonds is 4. The third kappa shape index (κ3) is 3.50. The van der Waals surface area contributed by atoms with Gasteiger partial charge in [-0.1, -0.05) is 0 Å². The summed E-state index contributed by atoms with van der Waals surface area (Å²) in [5, 5.41) is 3.18. The minimum absolute atomic E-state index is 0.213. The van der Waals surface area contributed by atoms with Crippen molar-refractivity contribution in [2.24, 2.45) is 0 Å². The van der Waals surface area contributed by atoms with E-state index in [9.17, 15) is 17.2 Å². The van der Waals surface area contributed by atoms with Crippen molar-refractivity contribution in [3.63, 3.8) is 0 Å². The van der Waals surface area contributed by atoms with Gasteiger partial charge in [-0.15, -0.1) is 0 Å². The molecule has 0 bridgehead atoms. The molecule has 0 spiro atoms. The van der Waals surface area contributed by atoms with Crippen molar-refractivity contribution in [3.8, 4) is 5.75 Å². The van der Waals surface area contributed by atoms with Crippen LogP contribution in [0.4, 0.5) is 8.78 Å². The number of piperazine rings is 1. The van der Waals surface area contributed by atoms with Gasteiger partial charge < -0.3 is 10.1 Å². The molecule has 8 heteroatoms. The average molecular weight is 320 g/mol. The first kappa shape index (κ1) is 16.1. The maximum atomic E-state index is 14.3. The van der Waals surface area contributed by atoms with Crippen molar-refractivity contribution < 1.29 is 21.9 Å². The summed E-state index contributed by atoms with van der Waals surface area (Å²) in [6, 6.07) is 1.04. The van der Waals surface area contributed by atoms with E-state index in [0.29, 0.717) is 12.1 Å². The molecule has 1 saturated heterocycles. The van der Waals surface area contributed by atoms with Gasteiger partial charge >= 0.3 is 0 Å². The first-order valence-corrected chi connectivity index (χ1v) is 8.41. The Hall–Kier alpha value is -1.25. The molecule has 1 aromatic carbocycles. The van der Waals surface area contributed by atoms with Crippen molar-refractivity contribution >= 4 is 9.84 Å². The van der Waals surface area contributed by atoms with Crippen LogP contribution in [0, 0.1) is 11.6 Å². The Morgan fingerprint density at radius 1 is 1.33 bits per heavy atom. The van der Waals surface area contributed by atoms with Gasteiger partial charge in [-0.3, -0.25) is 4.90 Å². The van der Waals surface area contributed by atoms with E-state index in [1.165, 1.54) is 7.11 Å². The van der Waals surface area contributed by atoms with Crippen molar-refractivity contribution in [1.82, 2.24) is 10.2 Å². The van der Waals surface area contributed by atoms with Crippen molar-refractivity contribution in [3.05, 3.63) is 23.3 Å². The summed E-state index contributed by atoms with van der Waals surface area (Å²) in [7, 11) is -2.76. The van der Waals surface area contributed by atoms with Crippen molar-refractivity contribution in [2.45, 2.75) is 11.4 Å². The zero-order valence-electron chi connectivity index (χ0n) is 11.9. The van der Waals surface area contributed by atoms with E-state index in [0.717, 1.165) is 38.5 Å².